The van der Waals surface area contributed by atoms with Gasteiger partial charge in [0.25, 0.3) is 0 Å². The predicted octanol–water partition coefficient (Wildman–Crippen LogP) is 2.89. The molecule has 0 saturated heterocycles. The SMILES string of the molecule is N#CCCCCc1ccc(NC(=O)Cc2ccccc2)nn1. The molecule has 5 nitrogen and oxygen atoms in total. The average molecular weight is 294 g/mol. The van der Waals surface area contributed by atoms with Crippen molar-refractivity contribution in [2.24, 2.45) is 0 Å². The number of unbranched alkanes of at least 4 members (excludes halogenated alkanes) is 2. The highest BCUT2D eigenvalue weighted by molar-refractivity contribution is 5.91. The molecule has 1 N–H and O–H groups in total. The summed E-state index contributed by atoms with van der Waals surface area (Å²) in [6.07, 6.45) is 3.47. The molecule has 1 heterocycles. The van der Waals surface area contributed by atoms with Crippen LogP contribution in [0.3, 0.4) is 0 Å². The van der Waals surface area contributed by atoms with Gasteiger partial charge in [-0.15, -0.1) is 5.10 Å². The van der Waals surface area contributed by atoms with E-state index in [9.17, 15) is 4.79 Å². The largest absolute Gasteiger partial charge is 0.309 e. The van der Waals surface area contributed by atoms with Crippen LogP contribution in [0.15, 0.2) is 42.5 Å². The van der Waals surface area contributed by atoms with Crippen molar-refractivity contribution < 1.29 is 4.79 Å². The molecule has 0 aliphatic carbocycles. The molecular formula is C17H18N4O. The van der Waals surface area contributed by atoms with E-state index in [0.29, 0.717) is 18.7 Å². The highest BCUT2D eigenvalue weighted by atomic mass is 16.1. The molecule has 0 aliphatic heterocycles. The molecule has 0 radical (unpaired) electrons. The number of hydrogen-bond donors (Lipinski definition) is 1. The summed E-state index contributed by atoms with van der Waals surface area (Å²) in [5, 5.41) is 19.3. The van der Waals surface area contributed by atoms with Crippen LogP contribution in [0.2, 0.25) is 0 Å². The van der Waals surface area contributed by atoms with Gasteiger partial charge >= 0.3 is 0 Å². The number of aryl methyl sites for hydroxylation is 1. The monoisotopic (exact) mass is 294 g/mol. The molecule has 0 bridgehead atoms. The third-order valence-electron chi connectivity index (χ3n) is 3.17. The minimum Gasteiger partial charge on any atom is -0.309 e. The molecule has 2 rings (SSSR count). The van der Waals surface area contributed by atoms with Crippen molar-refractivity contribution >= 4 is 11.7 Å². The number of rotatable bonds is 7. The van der Waals surface area contributed by atoms with Crippen LogP contribution >= 0.6 is 0 Å². The fraction of sp³-hybridized carbons (Fsp3) is 0.294. The molecule has 2 aromatic rings. The first-order valence-electron chi connectivity index (χ1n) is 7.31. The summed E-state index contributed by atoms with van der Waals surface area (Å²) in [5.74, 6) is 0.351. The number of aromatic nitrogens is 2. The fourth-order valence-corrected chi connectivity index (χ4v) is 2.04. The summed E-state index contributed by atoms with van der Waals surface area (Å²) < 4.78 is 0. The Hall–Kier alpha value is -2.74. The minimum absolute atomic E-state index is 0.109. The highest BCUT2D eigenvalue weighted by Crippen LogP contribution is 2.07. The van der Waals surface area contributed by atoms with Gasteiger partial charge in [0.05, 0.1) is 18.2 Å². The number of carbonyl (C=O) groups is 1. The second-order valence-corrected chi connectivity index (χ2v) is 4.99. The Bertz CT molecular complexity index is 632. The van der Waals surface area contributed by atoms with Gasteiger partial charge in [-0.1, -0.05) is 30.3 Å². The number of carbonyl (C=O) groups excluding carboxylic acids is 1. The summed E-state index contributed by atoms with van der Waals surface area (Å²) in [4.78, 5) is 11.9. The zero-order valence-electron chi connectivity index (χ0n) is 12.3. The third kappa shape index (κ3) is 5.33. The van der Waals surface area contributed by atoms with E-state index in [4.69, 9.17) is 5.26 Å². The zero-order valence-corrected chi connectivity index (χ0v) is 12.3. The van der Waals surface area contributed by atoms with Gasteiger partial charge in [-0.2, -0.15) is 10.4 Å². The highest BCUT2D eigenvalue weighted by Gasteiger charge is 2.05. The Balaban J connectivity index is 1.81. The Labute approximate surface area is 130 Å². The molecule has 0 spiro atoms. The van der Waals surface area contributed by atoms with Crippen molar-refractivity contribution in [3.8, 4) is 6.07 Å². The Morgan fingerprint density at radius 3 is 2.59 bits per heavy atom. The predicted molar refractivity (Wildman–Crippen MR) is 84.0 cm³/mol. The lowest BCUT2D eigenvalue weighted by Crippen LogP contribution is -2.15. The first-order valence-corrected chi connectivity index (χ1v) is 7.31. The molecule has 0 atom stereocenters. The first-order chi connectivity index (χ1) is 10.8. The van der Waals surface area contributed by atoms with Gasteiger partial charge in [0, 0.05) is 6.42 Å². The van der Waals surface area contributed by atoms with Crippen molar-refractivity contribution in [2.45, 2.75) is 32.1 Å². The van der Waals surface area contributed by atoms with E-state index in [1.807, 2.05) is 36.4 Å². The number of benzene rings is 1. The summed E-state index contributed by atoms with van der Waals surface area (Å²) in [6, 6.07) is 15.3. The quantitative estimate of drug-likeness (QED) is 0.796. The average Bonchev–Trinajstić information content (AvgIpc) is 2.54. The molecule has 0 unspecified atom stereocenters. The van der Waals surface area contributed by atoms with Crippen LogP contribution < -0.4 is 5.32 Å². The van der Waals surface area contributed by atoms with Gasteiger partial charge in [0.2, 0.25) is 5.91 Å². The van der Waals surface area contributed by atoms with Crippen molar-refractivity contribution in [3.63, 3.8) is 0 Å². The van der Waals surface area contributed by atoms with Crippen LogP contribution in [-0.2, 0) is 17.6 Å². The number of anilines is 1. The van der Waals surface area contributed by atoms with E-state index in [-0.39, 0.29) is 5.91 Å². The van der Waals surface area contributed by atoms with E-state index >= 15 is 0 Å². The second kappa shape index (κ2) is 8.53. The van der Waals surface area contributed by atoms with Crippen molar-refractivity contribution in [1.82, 2.24) is 10.2 Å². The first kappa shape index (κ1) is 15.6. The standard InChI is InChI=1S/C17H18N4O/c18-12-6-2-5-9-15-10-11-16(21-20-15)19-17(22)13-14-7-3-1-4-8-14/h1,3-4,7-8,10-11H,2,5-6,9,13H2,(H,19,21,22). The maximum absolute atomic E-state index is 11.9. The molecule has 22 heavy (non-hydrogen) atoms. The van der Waals surface area contributed by atoms with E-state index in [2.05, 4.69) is 21.6 Å². The Morgan fingerprint density at radius 1 is 1.09 bits per heavy atom. The molecule has 0 saturated carbocycles. The molecule has 1 aromatic heterocycles. The summed E-state index contributed by atoms with van der Waals surface area (Å²) in [6.45, 7) is 0. The van der Waals surface area contributed by atoms with Gasteiger partial charge in [-0.3, -0.25) is 4.79 Å². The van der Waals surface area contributed by atoms with E-state index in [1.165, 1.54) is 0 Å². The molecule has 0 fully saturated rings. The van der Waals surface area contributed by atoms with Gasteiger partial charge in [-0.25, -0.2) is 0 Å². The molecule has 1 amide bonds. The lowest BCUT2D eigenvalue weighted by atomic mass is 10.1. The molecule has 1 aromatic carbocycles. The smallest absolute Gasteiger partial charge is 0.229 e. The molecular weight excluding hydrogens is 276 g/mol. The normalized spacial score (nSPS) is 9.95. The van der Waals surface area contributed by atoms with Gasteiger partial charge < -0.3 is 5.32 Å². The van der Waals surface area contributed by atoms with Gasteiger partial charge in [0.15, 0.2) is 5.82 Å². The van der Waals surface area contributed by atoms with Crippen LogP contribution in [0.4, 0.5) is 5.82 Å². The summed E-state index contributed by atoms with van der Waals surface area (Å²) in [5.41, 5.74) is 1.83. The molecule has 112 valence electrons. The summed E-state index contributed by atoms with van der Waals surface area (Å²) in [7, 11) is 0. The third-order valence-corrected chi connectivity index (χ3v) is 3.17. The second-order valence-electron chi connectivity index (χ2n) is 4.99. The van der Waals surface area contributed by atoms with Crippen LogP contribution in [0, 0.1) is 11.3 Å². The van der Waals surface area contributed by atoms with Gasteiger partial charge in [0.1, 0.15) is 0 Å². The zero-order chi connectivity index (χ0) is 15.6. The Morgan fingerprint density at radius 2 is 1.91 bits per heavy atom. The topological polar surface area (TPSA) is 78.7 Å². The lowest BCUT2D eigenvalue weighted by Gasteiger charge is -2.05. The number of amides is 1. The molecule has 0 aliphatic rings. The number of hydrogen-bond acceptors (Lipinski definition) is 4. The maximum atomic E-state index is 11.9. The molecule has 5 heteroatoms. The number of nitriles is 1. The van der Waals surface area contributed by atoms with Crippen LogP contribution in [0.25, 0.3) is 0 Å². The Kier molecular flexibility index (Phi) is 6.06. The van der Waals surface area contributed by atoms with E-state index in [1.54, 1.807) is 6.07 Å². The van der Waals surface area contributed by atoms with Crippen LogP contribution in [-0.4, -0.2) is 16.1 Å². The van der Waals surface area contributed by atoms with Crippen molar-refractivity contribution in [2.75, 3.05) is 5.32 Å². The van der Waals surface area contributed by atoms with E-state index in [0.717, 1.165) is 30.5 Å². The lowest BCUT2D eigenvalue weighted by molar-refractivity contribution is -0.115. The maximum Gasteiger partial charge on any atom is 0.229 e. The fourth-order valence-electron chi connectivity index (χ4n) is 2.04. The van der Waals surface area contributed by atoms with Crippen molar-refractivity contribution in [3.05, 3.63) is 53.7 Å². The van der Waals surface area contributed by atoms with Crippen molar-refractivity contribution in [1.29, 1.82) is 5.26 Å². The van der Waals surface area contributed by atoms with Crippen LogP contribution in [0.1, 0.15) is 30.5 Å². The van der Waals surface area contributed by atoms with E-state index < -0.39 is 0 Å². The van der Waals surface area contributed by atoms with Crippen LogP contribution in [0.5, 0.6) is 0 Å². The minimum atomic E-state index is -0.109. The number of nitrogens with one attached hydrogen (secondary N) is 1. The van der Waals surface area contributed by atoms with Gasteiger partial charge in [-0.05, 0) is 37.0 Å². The number of nitrogens with zero attached hydrogens (tertiary/aromatic N) is 3. The summed E-state index contributed by atoms with van der Waals surface area (Å²) >= 11 is 0.